The topological polar surface area (TPSA) is 191 Å². The van der Waals surface area contributed by atoms with E-state index in [4.69, 9.17) is 26.5 Å². The highest BCUT2D eigenvalue weighted by Crippen LogP contribution is 2.39. The standard InChI is InChI=1S/C15H22FN7O5/c1-7(2)10(18)13(25)27-6-15(5-20-22-19)11(24)9(16)12(28-15)23-4-3-8(17)21-14(23)26/h3-4,7,9-12,24H,5-6,18H2,1-2H3,(H2,17,21,26)/t9-,10?,11+,12-,15-/m1/s1. The first-order valence-electron chi connectivity index (χ1n) is 8.40. The molecule has 1 aromatic heterocycles. The Morgan fingerprint density at radius 3 is 2.89 bits per heavy atom. The minimum absolute atomic E-state index is 0.0767. The number of nitrogen functional groups attached to an aromatic ring is 1. The maximum absolute atomic E-state index is 14.8. The number of alkyl halides is 1. The zero-order valence-corrected chi connectivity index (χ0v) is 15.3. The monoisotopic (exact) mass is 399 g/mol. The summed E-state index contributed by atoms with van der Waals surface area (Å²) in [6, 6.07) is 0.301. The fourth-order valence-corrected chi connectivity index (χ4v) is 2.66. The van der Waals surface area contributed by atoms with Crippen LogP contribution < -0.4 is 17.2 Å². The Kier molecular flexibility index (Phi) is 6.56. The summed E-state index contributed by atoms with van der Waals surface area (Å²) in [6.07, 6.45) is -4.41. The van der Waals surface area contributed by atoms with Crippen molar-refractivity contribution in [2.75, 3.05) is 18.9 Å². The number of aliphatic hydroxyl groups excluding tert-OH is 1. The van der Waals surface area contributed by atoms with Crippen LogP contribution in [0, 0.1) is 5.92 Å². The Hall–Kier alpha value is -2.73. The summed E-state index contributed by atoms with van der Waals surface area (Å²) >= 11 is 0. The smallest absolute Gasteiger partial charge is 0.351 e. The third kappa shape index (κ3) is 4.22. The number of aliphatic hydroxyl groups is 1. The van der Waals surface area contributed by atoms with Gasteiger partial charge in [-0.1, -0.05) is 19.0 Å². The van der Waals surface area contributed by atoms with E-state index < -0.39 is 55.0 Å². The van der Waals surface area contributed by atoms with Gasteiger partial charge in [-0.15, -0.1) is 0 Å². The first-order valence-corrected chi connectivity index (χ1v) is 8.40. The lowest BCUT2D eigenvalue weighted by molar-refractivity contribution is -0.166. The fraction of sp³-hybridized carbons (Fsp3) is 0.667. The number of aromatic nitrogens is 2. The third-order valence-electron chi connectivity index (χ3n) is 4.44. The summed E-state index contributed by atoms with van der Waals surface area (Å²) < 4.78 is 26.2. The van der Waals surface area contributed by atoms with E-state index in [0.29, 0.717) is 0 Å². The van der Waals surface area contributed by atoms with Gasteiger partial charge in [0.1, 0.15) is 30.2 Å². The molecule has 0 amide bonds. The quantitative estimate of drug-likeness (QED) is 0.239. The van der Waals surface area contributed by atoms with E-state index in [1.165, 1.54) is 6.07 Å². The van der Waals surface area contributed by atoms with Gasteiger partial charge < -0.3 is 26.0 Å². The molecule has 5 N–H and O–H groups in total. The molecule has 5 atom stereocenters. The highest BCUT2D eigenvalue weighted by Gasteiger charge is 2.56. The number of esters is 1. The molecule has 0 bridgehead atoms. The molecule has 2 heterocycles. The number of rotatable bonds is 7. The average Bonchev–Trinajstić information content (AvgIpc) is 2.89. The third-order valence-corrected chi connectivity index (χ3v) is 4.44. The molecule has 28 heavy (non-hydrogen) atoms. The summed E-state index contributed by atoms with van der Waals surface area (Å²) in [6.45, 7) is 2.22. The second-order valence-corrected chi connectivity index (χ2v) is 6.77. The van der Waals surface area contributed by atoms with Crippen LogP contribution in [0.25, 0.3) is 10.4 Å². The Morgan fingerprint density at radius 1 is 1.64 bits per heavy atom. The highest BCUT2D eigenvalue weighted by molar-refractivity contribution is 5.75. The molecule has 0 aliphatic carbocycles. The number of nitrogens with two attached hydrogens (primary N) is 2. The van der Waals surface area contributed by atoms with Gasteiger partial charge in [-0.2, -0.15) is 4.98 Å². The Labute approximate surface area is 158 Å². The predicted molar refractivity (Wildman–Crippen MR) is 94.5 cm³/mol. The molecule has 1 aliphatic heterocycles. The Bertz CT molecular complexity index is 827. The van der Waals surface area contributed by atoms with Gasteiger partial charge in [-0.25, -0.2) is 9.18 Å². The molecule has 13 heteroatoms. The molecule has 0 spiro atoms. The van der Waals surface area contributed by atoms with E-state index in [2.05, 4.69) is 15.0 Å². The number of azide groups is 1. The number of carbonyl (C=O) groups excluding carboxylic acids is 1. The molecule has 1 saturated heterocycles. The van der Waals surface area contributed by atoms with Crippen molar-refractivity contribution in [1.29, 1.82) is 0 Å². The summed E-state index contributed by atoms with van der Waals surface area (Å²) in [5.41, 5.74) is 16.9. The van der Waals surface area contributed by atoms with Crippen LogP contribution in [0.4, 0.5) is 10.2 Å². The van der Waals surface area contributed by atoms with E-state index >= 15 is 0 Å². The number of hydrogen-bond donors (Lipinski definition) is 3. The summed E-state index contributed by atoms with van der Waals surface area (Å²) in [5, 5.41) is 13.7. The number of anilines is 1. The van der Waals surface area contributed by atoms with Gasteiger partial charge in [-0.3, -0.25) is 9.36 Å². The molecule has 154 valence electrons. The molecule has 0 radical (unpaired) electrons. The zero-order chi connectivity index (χ0) is 21.1. The molecule has 1 unspecified atom stereocenters. The molecule has 0 saturated carbocycles. The maximum atomic E-state index is 14.8. The van der Waals surface area contributed by atoms with Gasteiger partial charge in [0.05, 0.1) is 6.54 Å². The van der Waals surface area contributed by atoms with Crippen molar-refractivity contribution in [3.05, 3.63) is 33.2 Å². The van der Waals surface area contributed by atoms with Crippen LogP contribution in [0.1, 0.15) is 20.1 Å². The van der Waals surface area contributed by atoms with Crippen LogP contribution in [-0.4, -0.2) is 57.7 Å². The van der Waals surface area contributed by atoms with Gasteiger partial charge in [0.2, 0.25) is 0 Å². The van der Waals surface area contributed by atoms with Crippen molar-refractivity contribution in [3.8, 4) is 0 Å². The second kappa shape index (κ2) is 8.52. The van der Waals surface area contributed by atoms with Gasteiger partial charge in [0.25, 0.3) is 0 Å². The summed E-state index contributed by atoms with van der Waals surface area (Å²) in [7, 11) is 0. The number of carbonyl (C=O) groups is 1. The van der Waals surface area contributed by atoms with Crippen LogP contribution in [-0.2, 0) is 14.3 Å². The van der Waals surface area contributed by atoms with Crippen LogP contribution in [0.15, 0.2) is 22.2 Å². The fourth-order valence-electron chi connectivity index (χ4n) is 2.66. The number of nitrogens with zero attached hydrogens (tertiary/aromatic N) is 5. The predicted octanol–water partition coefficient (Wildman–Crippen LogP) is -0.371. The lowest BCUT2D eigenvalue weighted by Gasteiger charge is -2.30. The van der Waals surface area contributed by atoms with E-state index in [-0.39, 0.29) is 11.7 Å². The second-order valence-electron chi connectivity index (χ2n) is 6.77. The van der Waals surface area contributed by atoms with Crippen LogP contribution in [0.5, 0.6) is 0 Å². The number of hydrogen-bond acceptors (Lipinski definition) is 9. The van der Waals surface area contributed by atoms with Crippen LogP contribution in [0.2, 0.25) is 0 Å². The van der Waals surface area contributed by atoms with Crippen molar-refractivity contribution in [1.82, 2.24) is 9.55 Å². The van der Waals surface area contributed by atoms with Crippen molar-refractivity contribution in [2.45, 2.75) is 44.0 Å². The zero-order valence-electron chi connectivity index (χ0n) is 15.3. The molecule has 1 aromatic rings. The molecule has 1 aliphatic rings. The highest BCUT2D eigenvalue weighted by atomic mass is 19.1. The average molecular weight is 399 g/mol. The van der Waals surface area contributed by atoms with Crippen LogP contribution >= 0.6 is 0 Å². The minimum Gasteiger partial charge on any atom is -0.461 e. The van der Waals surface area contributed by atoms with Crippen LogP contribution in [0.3, 0.4) is 0 Å². The molecular formula is C15H22FN7O5. The molecule has 2 rings (SSSR count). The maximum Gasteiger partial charge on any atom is 0.351 e. The summed E-state index contributed by atoms with van der Waals surface area (Å²) in [4.78, 5) is 30.1. The van der Waals surface area contributed by atoms with E-state index in [1.54, 1.807) is 13.8 Å². The lowest BCUT2D eigenvalue weighted by Crippen LogP contribution is -2.50. The molecule has 12 nitrogen and oxygen atoms in total. The number of ether oxygens (including phenoxy) is 2. The van der Waals surface area contributed by atoms with E-state index in [9.17, 15) is 19.1 Å². The van der Waals surface area contributed by atoms with Gasteiger partial charge >= 0.3 is 11.7 Å². The minimum atomic E-state index is -2.10. The van der Waals surface area contributed by atoms with E-state index in [0.717, 1.165) is 10.8 Å². The summed E-state index contributed by atoms with van der Waals surface area (Å²) in [5.74, 6) is -1.10. The molecular weight excluding hydrogens is 377 g/mol. The molecule has 0 aromatic carbocycles. The van der Waals surface area contributed by atoms with Crippen molar-refractivity contribution in [2.24, 2.45) is 16.8 Å². The molecule has 1 fully saturated rings. The first-order chi connectivity index (χ1) is 13.1. The Morgan fingerprint density at radius 2 is 2.32 bits per heavy atom. The SMILES string of the molecule is CC(C)C(N)C(=O)OC[C@@]1(CN=[N+]=[N-])O[C@@H](n2ccc(N)nc2=O)[C@H](F)[C@@H]1O. The van der Waals surface area contributed by atoms with Gasteiger partial charge in [0.15, 0.2) is 12.4 Å². The first kappa shape index (κ1) is 21.6. The van der Waals surface area contributed by atoms with Gasteiger partial charge in [0, 0.05) is 11.1 Å². The van der Waals surface area contributed by atoms with Gasteiger partial charge in [-0.05, 0) is 17.5 Å². The normalized spacial score (nSPS) is 28.0. The van der Waals surface area contributed by atoms with Crippen molar-refractivity contribution < 1.29 is 23.8 Å². The van der Waals surface area contributed by atoms with Crippen molar-refractivity contribution >= 4 is 11.8 Å². The Balaban J connectivity index is 2.31. The van der Waals surface area contributed by atoms with Crippen molar-refractivity contribution in [3.63, 3.8) is 0 Å². The largest absolute Gasteiger partial charge is 0.461 e. The number of halogens is 1. The van der Waals surface area contributed by atoms with E-state index in [1.807, 2.05) is 0 Å². The lowest BCUT2D eigenvalue weighted by atomic mass is 9.96.